The molecule has 0 saturated carbocycles. The Kier molecular flexibility index (Phi) is 11.5. The highest BCUT2D eigenvalue weighted by molar-refractivity contribution is 6.09. The second-order valence-corrected chi connectivity index (χ2v) is 7.85. The SMILES string of the molecule is NCCCCCCCCCCCCNC(=O)c1ccc(C(=O)c2ccccc2)cc1. The number of hydrogen-bond donors (Lipinski definition) is 2. The third-order valence-corrected chi connectivity index (χ3v) is 5.36. The van der Waals surface area contributed by atoms with E-state index in [9.17, 15) is 9.59 Å². The molecule has 0 spiro atoms. The van der Waals surface area contributed by atoms with Crippen LogP contribution in [0.3, 0.4) is 0 Å². The van der Waals surface area contributed by atoms with Gasteiger partial charge in [-0.1, -0.05) is 93.8 Å². The second kappa shape index (κ2) is 14.5. The van der Waals surface area contributed by atoms with E-state index in [1.165, 1.54) is 44.9 Å². The van der Waals surface area contributed by atoms with Crippen molar-refractivity contribution in [2.45, 2.75) is 64.2 Å². The molecule has 162 valence electrons. The zero-order valence-corrected chi connectivity index (χ0v) is 18.1. The predicted octanol–water partition coefficient (Wildman–Crippen LogP) is 5.51. The van der Waals surface area contributed by atoms with Gasteiger partial charge < -0.3 is 11.1 Å². The lowest BCUT2D eigenvalue weighted by molar-refractivity contribution is 0.0951. The van der Waals surface area contributed by atoms with E-state index in [0.29, 0.717) is 23.2 Å². The summed E-state index contributed by atoms with van der Waals surface area (Å²) in [6.07, 6.45) is 12.4. The van der Waals surface area contributed by atoms with Crippen molar-refractivity contribution in [3.05, 3.63) is 71.3 Å². The lowest BCUT2D eigenvalue weighted by atomic mass is 10.0. The van der Waals surface area contributed by atoms with Crippen LogP contribution in [0.4, 0.5) is 0 Å². The average molecular weight is 409 g/mol. The van der Waals surface area contributed by atoms with E-state index >= 15 is 0 Å². The second-order valence-electron chi connectivity index (χ2n) is 7.85. The molecule has 0 bridgehead atoms. The molecule has 0 unspecified atom stereocenters. The largest absolute Gasteiger partial charge is 0.352 e. The fourth-order valence-corrected chi connectivity index (χ4v) is 3.52. The standard InChI is InChI=1S/C26H36N2O2/c27-20-12-7-5-3-1-2-4-6-8-13-21-28-26(30)24-18-16-23(17-19-24)25(29)22-14-10-9-11-15-22/h9-11,14-19H,1-8,12-13,20-21,27H2,(H,28,30). The van der Waals surface area contributed by atoms with Gasteiger partial charge >= 0.3 is 0 Å². The number of nitrogens with two attached hydrogens (primary N) is 1. The van der Waals surface area contributed by atoms with Crippen LogP contribution in [0, 0.1) is 0 Å². The van der Waals surface area contributed by atoms with Crippen molar-refractivity contribution in [2.75, 3.05) is 13.1 Å². The number of rotatable bonds is 15. The van der Waals surface area contributed by atoms with Crippen molar-refractivity contribution in [1.82, 2.24) is 5.32 Å². The first-order chi connectivity index (χ1) is 14.7. The molecule has 0 aliphatic heterocycles. The lowest BCUT2D eigenvalue weighted by Crippen LogP contribution is -2.24. The molecule has 4 heteroatoms. The molecule has 0 fully saturated rings. The van der Waals surface area contributed by atoms with Crippen LogP contribution in [-0.2, 0) is 0 Å². The van der Waals surface area contributed by atoms with Crippen molar-refractivity contribution >= 4 is 11.7 Å². The Morgan fingerprint density at radius 3 is 1.63 bits per heavy atom. The fraction of sp³-hybridized carbons (Fsp3) is 0.462. The minimum absolute atomic E-state index is 0.0295. The number of carbonyl (C=O) groups excluding carboxylic acids is 2. The normalized spacial score (nSPS) is 10.7. The molecule has 0 aliphatic carbocycles. The van der Waals surface area contributed by atoms with Crippen LogP contribution >= 0.6 is 0 Å². The molecule has 0 atom stereocenters. The van der Waals surface area contributed by atoms with Crippen molar-refractivity contribution in [3.8, 4) is 0 Å². The van der Waals surface area contributed by atoms with E-state index in [1.54, 1.807) is 36.4 Å². The van der Waals surface area contributed by atoms with E-state index in [1.807, 2.05) is 18.2 Å². The fourth-order valence-electron chi connectivity index (χ4n) is 3.52. The summed E-state index contributed by atoms with van der Waals surface area (Å²) < 4.78 is 0. The van der Waals surface area contributed by atoms with Gasteiger partial charge in [-0.05, 0) is 31.5 Å². The van der Waals surface area contributed by atoms with Gasteiger partial charge in [-0.2, -0.15) is 0 Å². The highest BCUT2D eigenvalue weighted by Crippen LogP contribution is 2.12. The van der Waals surface area contributed by atoms with Gasteiger partial charge in [0, 0.05) is 23.2 Å². The number of amides is 1. The number of benzene rings is 2. The Balaban J connectivity index is 1.57. The molecule has 30 heavy (non-hydrogen) atoms. The Morgan fingerprint density at radius 2 is 1.07 bits per heavy atom. The first kappa shape index (κ1) is 23.8. The number of nitrogens with one attached hydrogen (secondary N) is 1. The van der Waals surface area contributed by atoms with E-state index < -0.39 is 0 Å². The maximum Gasteiger partial charge on any atom is 0.251 e. The monoisotopic (exact) mass is 408 g/mol. The van der Waals surface area contributed by atoms with E-state index in [-0.39, 0.29) is 11.7 Å². The maximum absolute atomic E-state index is 12.4. The topological polar surface area (TPSA) is 72.2 Å². The highest BCUT2D eigenvalue weighted by Gasteiger charge is 2.10. The van der Waals surface area contributed by atoms with Crippen LogP contribution < -0.4 is 11.1 Å². The molecular formula is C26H36N2O2. The van der Waals surface area contributed by atoms with E-state index in [4.69, 9.17) is 5.73 Å². The first-order valence-electron chi connectivity index (χ1n) is 11.4. The molecule has 0 saturated heterocycles. The third-order valence-electron chi connectivity index (χ3n) is 5.36. The summed E-state index contributed by atoms with van der Waals surface area (Å²) in [6, 6.07) is 16.1. The molecule has 1 amide bonds. The number of unbranched alkanes of at least 4 members (excludes halogenated alkanes) is 9. The first-order valence-corrected chi connectivity index (χ1v) is 11.4. The quantitative estimate of drug-likeness (QED) is 0.302. The highest BCUT2D eigenvalue weighted by atomic mass is 16.1. The summed E-state index contributed by atoms with van der Waals surface area (Å²) in [4.78, 5) is 24.7. The van der Waals surface area contributed by atoms with Crippen molar-refractivity contribution < 1.29 is 9.59 Å². The van der Waals surface area contributed by atoms with Crippen LogP contribution in [0.1, 0.15) is 90.5 Å². The summed E-state index contributed by atoms with van der Waals surface area (Å²) in [6.45, 7) is 1.51. The van der Waals surface area contributed by atoms with Gasteiger partial charge in [-0.3, -0.25) is 9.59 Å². The average Bonchev–Trinajstić information content (AvgIpc) is 2.80. The van der Waals surface area contributed by atoms with Gasteiger partial charge in [0.1, 0.15) is 0 Å². The zero-order valence-electron chi connectivity index (χ0n) is 18.1. The third kappa shape index (κ3) is 8.91. The van der Waals surface area contributed by atoms with Gasteiger partial charge in [0.15, 0.2) is 5.78 Å². The van der Waals surface area contributed by atoms with Gasteiger partial charge in [0.25, 0.3) is 5.91 Å². The number of ketones is 1. The molecule has 0 aromatic heterocycles. The summed E-state index contributed by atoms with van der Waals surface area (Å²) >= 11 is 0. The molecule has 3 N–H and O–H groups in total. The van der Waals surface area contributed by atoms with E-state index in [0.717, 1.165) is 25.8 Å². The minimum Gasteiger partial charge on any atom is -0.352 e. The van der Waals surface area contributed by atoms with Crippen molar-refractivity contribution in [2.24, 2.45) is 5.73 Å². The van der Waals surface area contributed by atoms with Crippen molar-refractivity contribution in [3.63, 3.8) is 0 Å². The Bertz CT molecular complexity index is 741. The summed E-state index contributed by atoms with van der Waals surface area (Å²) in [7, 11) is 0. The smallest absolute Gasteiger partial charge is 0.251 e. The Morgan fingerprint density at radius 1 is 0.600 bits per heavy atom. The van der Waals surface area contributed by atoms with Gasteiger partial charge in [-0.15, -0.1) is 0 Å². The summed E-state index contributed by atoms with van der Waals surface area (Å²) in [5.41, 5.74) is 7.34. The van der Waals surface area contributed by atoms with Gasteiger partial charge in [-0.25, -0.2) is 0 Å². The molecular weight excluding hydrogens is 372 g/mol. The van der Waals surface area contributed by atoms with Crippen LogP contribution in [0.5, 0.6) is 0 Å². The van der Waals surface area contributed by atoms with Crippen LogP contribution in [-0.4, -0.2) is 24.8 Å². The van der Waals surface area contributed by atoms with E-state index in [2.05, 4.69) is 5.32 Å². The molecule has 2 aromatic carbocycles. The van der Waals surface area contributed by atoms with Crippen LogP contribution in [0.15, 0.2) is 54.6 Å². The molecule has 2 aromatic rings. The summed E-state index contributed by atoms with van der Waals surface area (Å²) in [5, 5.41) is 2.98. The molecule has 0 heterocycles. The molecule has 0 radical (unpaired) electrons. The lowest BCUT2D eigenvalue weighted by Gasteiger charge is -2.07. The predicted molar refractivity (Wildman–Crippen MR) is 124 cm³/mol. The molecule has 4 nitrogen and oxygen atoms in total. The van der Waals surface area contributed by atoms with Crippen LogP contribution in [0.2, 0.25) is 0 Å². The minimum atomic E-state index is -0.0776. The van der Waals surface area contributed by atoms with Crippen molar-refractivity contribution in [1.29, 1.82) is 0 Å². The zero-order chi connectivity index (χ0) is 21.4. The maximum atomic E-state index is 12.4. The Labute approximate surface area is 181 Å². The van der Waals surface area contributed by atoms with Gasteiger partial charge in [0.2, 0.25) is 0 Å². The number of hydrogen-bond acceptors (Lipinski definition) is 3. The molecule has 2 rings (SSSR count). The summed E-state index contributed by atoms with van der Waals surface area (Å²) in [5.74, 6) is -0.107. The van der Waals surface area contributed by atoms with Crippen LogP contribution in [0.25, 0.3) is 0 Å². The number of carbonyl (C=O) groups is 2. The molecule has 0 aliphatic rings. The van der Waals surface area contributed by atoms with Gasteiger partial charge in [0.05, 0.1) is 0 Å². The Hall–Kier alpha value is -2.46.